The Hall–Kier alpha value is -3.41. The minimum atomic E-state index is -1.48. The molecule has 0 saturated carbocycles. The van der Waals surface area contributed by atoms with Gasteiger partial charge in [-0.15, -0.1) is 0 Å². The molecule has 30 heavy (non-hydrogen) atoms. The fraction of sp³-hybridized carbons (Fsp3) is 0.278. The molecule has 0 aliphatic carbocycles. The third-order valence-corrected chi connectivity index (χ3v) is 5.59. The second-order valence-corrected chi connectivity index (χ2v) is 7.54. The number of carbonyl (C=O) groups excluding carboxylic acids is 2. The first kappa shape index (κ1) is 24.6. The Morgan fingerprint density at radius 3 is 2.00 bits per heavy atom. The van der Waals surface area contributed by atoms with Gasteiger partial charge in [0.1, 0.15) is 4.32 Å². The molecule has 0 saturated heterocycles. The number of carboxylic acids is 2. The Kier molecular flexibility index (Phi) is 8.10. The Morgan fingerprint density at radius 1 is 1.03 bits per heavy atom. The van der Waals surface area contributed by atoms with Crippen LogP contribution in [0.4, 0.5) is 4.79 Å². The molecule has 1 heterocycles. The highest BCUT2D eigenvalue weighted by molar-refractivity contribution is 9.10. The van der Waals surface area contributed by atoms with Gasteiger partial charge in [0.15, 0.2) is 17.2 Å². The van der Waals surface area contributed by atoms with Gasteiger partial charge in [-0.2, -0.15) is 0 Å². The number of carbonyl (C=O) groups is 4. The summed E-state index contributed by atoms with van der Waals surface area (Å²) >= 11 is 3.26. The van der Waals surface area contributed by atoms with Gasteiger partial charge in [0.05, 0.1) is 11.1 Å². The number of phenolic OH excluding ortho intramolecular Hbond substituents is 2. The number of alkyl halides is 1. The van der Waals surface area contributed by atoms with Crippen LogP contribution in [-0.2, 0) is 4.79 Å². The number of rotatable bonds is 5. The summed E-state index contributed by atoms with van der Waals surface area (Å²) in [6.45, 7) is 3.72. The SMILES string of the molecule is CCC(Br)(CC)C(=O)NC(N)=O.O=C(O)c1cc2cc(O)c(O)cc2nc1C(=O)O. The third-order valence-electron chi connectivity index (χ3n) is 4.11. The second-order valence-electron chi connectivity index (χ2n) is 6.02. The van der Waals surface area contributed by atoms with Gasteiger partial charge in [-0.1, -0.05) is 29.8 Å². The van der Waals surface area contributed by atoms with Crippen molar-refractivity contribution in [2.24, 2.45) is 5.73 Å². The normalized spacial score (nSPS) is 10.6. The zero-order chi connectivity index (χ0) is 23.2. The summed E-state index contributed by atoms with van der Waals surface area (Å²) < 4.78 is -0.665. The van der Waals surface area contributed by atoms with Crippen molar-refractivity contribution in [2.45, 2.75) is 31.0 Å². The van der Waals surface area contributed by atoms with Crippen LogP contribution in [0, 0.1) is 0 Å². The number of nitrogens with one attached hydrogen (secondary N) is 1. The van der Waals surface area contributed by atoms with Crippen molar-refractivity contribution in [3.8, 4) is 11.5 Å². The van der Waals surface area contributed by atoms with E-state index in [0.29, 0.717) is 12.8 Å². The number of fused-ring (bicyclic) bond motifs is 1. The van der Waals surface area contributed by atoms with Crippen LogP contribution in [0.2, 0.25) is 0 Å². The molecule has 0 bridgehead atoms. The number of nitrogens with zero attached hydrogens (tertiary/aromatic N) is 1. The molecule has 0 fully saturated rings. The number of pyridine rings is 1. The van der Waals surface area contributed by atoms with E-state index >= 15 is 0 Å². The van der Waals surface area contributed by atoms with Crippen molar-refractivity contribution >= 4 is 50.7 Å². The molecule has 0 aliphatic heterocycles. The summed E-state index contributed by atoms with van der Waals surface area (Å²) in [6.07, 6.45) is 1.23. The molecule has 0 radical (unpaired) electrons. The van der Waals surface area contributed by atoms with Gasteiger partial charge in [0.25, 0.3) is 0 Å². The molecule has 1 aromatic carbocycles. The van der Waals surface area contributed by atoms with Crippen LogP contribution >= 0.6 is 15.9 Å². The van der Waals surface area contributed by atoms with Crippen LogP contribution in [0.15, 0.2) is 18.2 Å². The first-order valence-electron chi connectivity index (χ1n) is 8.49. The topological polar surface area (TPSA) is 200 Å². The average molecular weight is 486 g/mol. The number of halogens is 1. The zero-order valence-electron chi connectivity index (χ0n) is 16.0. The Bertz CT molecular complexity index is 946. The van der Waals surface area contributed by atoms with E-state index < -0.39 is 45.1 Å². The number of urea groups is 1. The van der Waals surface area contributed by atoms with Crippen LogP contribution in [0.25, 0.3) is 10.9 Å². The quantitative estimate of drug-likeness (QED) is 0.271. The Morgan fingerprint density at radius 2 is 1.57 bits per heavy atom. The number of benzene rings is 1. The van der Waals surface area contributed by atoms with Gasteiger partial charge in [0, 0.05) is 11.5 Å². The summed E-state index contributed by atoms with van der Waals surface area (Å²) in [7, 11) is 0. The van der Waals surface area contributed by atoms with E-state index in [4.69, 9.17) is 15.9 Å². The monoisotopic (exact) mass is 485 g/mol. The van der Waals surface area contributed by atoms with E-state index in [1.807, 2.05) is 19.2 Å². The van der Waals surface area contributed by atoms with Gasteiger partial charge < -0.3 is 26.2 Å². The predicted octanol–water partition coefficient (Wildman–Crippen LogP) is 2.18. The number of carboxylic acid groups (broad SMARTS) is 2. The number of primary amides is 1. The lowest BCUT2D eigenvalue weighted by Crippen LogP contribution is -2.46. The van der Waals surface area contributed by atoms with E-state index in [0.717, 1.165) is 18.2 Å². The number of imide groups is 1. The highest BCUT2D eigenvalue weighted by Crippen LogP contribution is 2.30. The van der Waals surface area contributed by atoms with E-state index in [1.165, 1.54) is 0 Å². The number of phenols is 2. The fourth-order valence-corrected chi connectivity index (χ4v) is 2.42. The highest BCUT2D eigenvalue weighted by atomic mass is 79.9. The molecule has 0 spiro atoms. The Labute approximate surface area is 178 Å². The smallest absolute Gasteiger partial charge is 0.355 e. The van der Waals surface area contributed by atoms with Crippen molar-refractivity contribution in [1.29, 1.82) is 0 Å². The number of hydrogen-bond donors (Lipinski definition) is 6. The van der Waals surface area contributed by atoms with Crippen molar-refractivity contribution < 1.29 is 39.6 Å². The first-order valence-corrected chi connectivity index (χ1v) is 9.28. The fourth-order valence-electron chi connectivity index (χ4n) is 2.32. The zero-order valence-corrected chi connectivity index (χ0v) is 17.6. The second kappa shape index (κ2) is 9.87. The minimum absolute atomic E-state index is 0.0766. The molecule has 1 aromatic heterocycles. The Balaban J connectivity index is 0.000000329. The largest absolute Gasteiger partial charge is 0.504 e. The lowest BCUT2D eigenvalue weighted by molar-refractivity contribution is -0.122. The van der Waals surface area contributed by atoms with Gasteiger partial charge in [-0.05, 0) is 25.0 Å². The molecule has 0 aliphatic rings. The molecule has 0 atom stereocenters. The maximum Gasteiger partial charge on any atom is 0.355 e. The molecule has 11 nitrogen and oxygen atoms in total. The summed E-state index contributed by atoms with van der Waals surface area (Å²) in [6, 6.07) is 2.43. The van der Waals surface area contributed by atoms with Crippen LogP contribution in [0.3, 0.4) is 0 Å². The van der Waals surface area contributed by atoms with E-state index in [1.54, 1.807) is 0 Å². The molecule has 2 rings (SSSR count). The summed E-state index contributed by atoms with van der Waals surface area (Å²) in [4.78, 5) is 47.1. The number of aromatic carboxylic acids is 2. The van der Waals surface area contributed by atoms with Gasteiger partial charge in [-0.3, -0.25) is 10.1 Å². The minimum Gasteiger partial charge on any atom is -0.504 e. The van der Waals surface area contributed by atoms with Gasteiger partial charge in [0.2, 0.25) is 5.91 Å². The summed E-state index contributed by atoms with van der Waals surface area (Å²) in [5.41, 5.74) is 3.77. The molecule has 2 aromatic rings. The van der Waals surface area contributed by atoms with E-state index in [-0.39, 0.29) is 16.8 Å². The van der Waals surface area contributed by atoms with Crippen molar-refractivity contribution in [1.82, 2.24) is 10.3 Å². The molecule has 0 unspecified atom stereocenters. The highest BCUT2D eigenvalue weighted by Gasteiger charge is 2.32. The number of nitrogens with two attached hydrogens (primary N) is 1. The van der Waals surface area contributed by atoms with Gasteiger partial charge >= 0.3 is 18.0 Å². The van der Waals surface area contributed by atoms with Crippen molar-refractivity contribution in [3.63, 3.8) is 0 Å². The molecule has 3 amide bonds. The summed E-state index contributed by atoms with van der Waals surface area (Å²) in [5.74, 6) is -4.20. The molecule has 12 heteroatoms. The van der Waals surface area contributed by atoms with Gasteiger partial charge in [-0.25, -0.2) is 19.4 Å². The first-order chi connectivity index (χ1) is 13.9. The number of aromatic nitrogens is 1. The standard InChI is InChI=1S/C11H7NO6.C7H13BrN2O2/c13-7-2-4-1-5(10(15)16)9(11(17)18)12-6(4)3-8(7)14;1-3-7(8,4-2)5(11)10-6(9)12/h1-3,13-14H,(H,15,16)(H,17,18);3-4H2,1-2H3,(H3,9,10,11,12). The van der Waals surface area contributed by atoms with Crippen LogP contribution in [-0.4, -0.2) is 53.6 Å². The lowest BCUT2D eigenvalue weighted by atomic mass is 10.0. The van der Waals surface area contributed by atoms with Crippen LogP contribution in [0.1, 0.15) is 47.5 Å². The van der Waals surface area contributed by atoms with Crippen molar-refractivity contribution in [3.05, 3.63) is 29.5 Å². The van der Waals surface area contributed by atoms with Crippen LogP contribution < -0.4 is 11.1 Å². The molecular formula is C18H20BrN3O8. The maximum atomic E-state index is 11.3. The number of hydrogen-bond acceptors (Lipinski definition) is 7. The average Bonchev–Trinajstić information content (AvgIpc) is 2.67. The molecule has 162 valence electrons. The summed E-state index contributed by atoms with van der Waals surface area (Å²) in [5, 5.41) is 38.6. The van der Waals surface area contributed by atoms with Crippen LogP contribution in [0.5, 0.6) is 11.5 Å². The third kappa shape index (κ3) is 5.80. The van der Waals surface area contributed by atoms with E-state index in [2.05, 4.69) is 20.9 Å². The molecule has 7 N–H and O–H groups in total. The molecular weight excluding hydrogens is 466 g/mol. The number of amides is 3. The lowest BCUT2D eigenvalue weighted by Gasteiger charge is -2.21. The van der Waals surface area contributed by atoms with E-state index in [9.17, 15) is 29.4 Å². The maximum absolute atomic E-state index is 11.3. The predicted molar refractivity (Wildman–Crippen MR) is 109 cm³/mol. The van der Waals surface area contributed by atoms with Crippen molar-refractivity contribution in [2.75, 3.05) is 0 Å². The number of aromatic hydroxyl groups is 2.